The molecule has 1 saturated carbocycles. The van der Waals surface area contributed by atoms with Crippen LogP contribution in [-0.2, 0) is 4.43 Å². The van der Waals surface area contributed by atoms with Crippen molar-refractivity contribution >= 4 is 8.32 Å². The summed E-state index contributed by atoms with van der Waals surface area (Å²) in [5, 5.41) is 19.0. The van der Waals surface area contributed by atoms with Gasteiger partial charge in [-0.25, -0.2) is 0 Å². The molecule has 0 saturated heterocycles. The Kier molecular flexibility index (Phi) is 3.69. The molecular weight excluding hydrogens is 240 g/mol. The van der Waals surface area contributed by atoms with Crippen LogP contribution in [0.25, 0.3) is 0 Å². The molecule has 0 unspecified atom stereocenters. The van der Waals surface area contributed by atoms with E-state index in [0.717, 1.165) is 12.8 Å². The Morgan fingerprint density at radius 1 is 0.944 bits per heavy atom. The normalized spacial score (nSPS) is 35.6. The summed E-state index contributed by atoms with van der Waals surface area (Å²) in [7, 11) is -1.81. The van der Waals surface area contributed by atoms with E-state index < -0.39 is 19.3 Å². The predicted octanol–water partition coefficient (Wildman–Crippen LogP) is 3.84. The summed E-state index contributed by atoms with van der Waals surface area (Å²) < 4.78 is 6.18. The number of nitrogens with zero attached hydrogens (tertiary/aromatic N) is 2. The molecule has 0 aliphatic heterocycles. The lowest BCUT2D eigenvalue weighted by Crippen LogP contribution is -2.51. The van der Waals surface area contributed by atoms with E-state index in [1.165, 1.54) is 0 Å². The van der Waals surface area contributed by atoms with Gasteiger partial charge in [0.15, 0.2) is 8.32 Å². The van der Waals surface area contributed by atoms with E-state index in [2.05, 4.69) is 45.6 Å². The van der Waals surface area contributed by atoms with Crippen LogP contribution in [0.4, 0.5) is 0 Å². The van der Waals surface area contributed by atoms with Gasteiger partial charge in [0, 0.05) is 6.42 Å². The smallest absolute Gasteiger partial charge is 0.185 e. The topological polar surface area (TPSA) is 56.8 Å². The van der Waals surface area contributed by atoms with Crippen molar-refractivity contribution in [3.05, 3.63) is 0 Å². The molecule has 0 aromatic rings. The van der Waals surface area contributed by atoms with Crippen LogP contribution in [-0.4, -0.2) is 13.9 Å². The van der Waals surface area contributed by atoms with Gasteiger partial charge in [0.1, 0.15) is 5.60 Å². The Morgan fingerprint density at radius 3 is 1.89 bits per heavy atom. The van der Waals surface area contributed by atoms with Crippen molar-refractivity contribution in [1.29, 1.82) is 10.5 Å². The molecular formula is C14H24N2OSi. The second kappa shape index (κ2) is 4.37. The average molecular weight is 264 g/mol. The van der Waals surface area contributed by atoms with Gasteiger partial charge in [-0.2, -0.15) is 10.5 Å². The molecule has 0 aromatic carbocycles. The Labute approximate surface area is 112 Å². The number of rotatable bonds is 2. The number of hydrogen-bond donors (Lipinski definition) is 0. The molecule has 1 aliphatic carbocycles. The Hall–Kier alpha value is -0.843. The molecule has 18 heavy (non-hydrogen) atoms. The first kappa shape index (κ1) is 15.2. The molecule has 1 fully saturated rings. The molecule has 4 heteroatoms. The third kappa shape index (κ3) is 3.57. The van der Waals surface area contributed by atoms with Gasteiger partial charge >= 0.3 is 0 Å². The van der Waals surface area contributed by atoms with Gasteiger partial charge < -0.3 is 4.43 Å². The van der Waals surface area contributed by atoms with Crippen molar-refractivity contribution in [1.82, 2.24) is 0 Å². The van der Waals surface area contributed by atoms with Gasteiger partial charge in [-0.3, -0.25) is 0 Å². The number of nitriles is 2. The van der Waals surface area contributed by atoms with E-state index in [1.807, 2.05) is 6.92 Å². The average Bonchev–Trinajstić information content (AvgIpc) is 2.11. The molecule has 0 heterocycles. The molecule has 0 bridgehead atoms. The Morgan fingerprint density at radius 2 is 1.50 bits per heavy atom. The molecule has 1 rings (SSSR count). The van der Waals surface area contributed by atoms with Crippen molar-refractivity contribution in [2.75, 3.05) is 0 Å². The SMILES string of the molecule is CC1(C)C[C@@](C)(C#N)C[C@@](C#N)(O[Si](C)(C)C)C1. The van der Waals surface area contributed by atoms with Crippen LogP contribution < -0.4 is 0 Å². The van der Waals surface area contributed by atoms with Gasteiger partial charge in [0.25, 0.3) is 0 Å². The zero-order valence-corrected chi connectivity index (χ0v) is 13.4. The highest BCUT2D eigenvalue weighted by molar-refractivity contribution is 6.69. The largest absolute Gasteiger partial charge is 0.400 e. The van der Waals surface area contributed by atoms with Crippen molar-refractivity contribution in [2.24, 2.45) is 10.8 Å². The van der Waals surface area contributed by atoms with E-state index in [4.69, 9.17) is 4.43 Å². The molecule has 0 radical (unpaired) electrons. The highest BCUT2D eigenvalue weighted by Gasteiger charge is 2.52. The summed E-state index contributed by atoms with van der Waals surface area (Å²) in [4.78, 5) is 0. The summed E-state index contributed by atoms with van der Waals surface area (Å²) in [6, 6.07) is 4.78. The molecule has 0 spiro atoms. The zero-order chi connectivity index (χ0) is 14.2. The van der Waals surface area contributed by atoms with Gasteiger partial charge in [0.05, 0.1) is 17.6 Å². The minimum Gasteiger partial charge on any atom is -0.400 e. The molecule has 0 N–H and O–H groups in total. The van der Waals surface area contributed by atoms with Crippen LogP contribution in [0.1, 0.15) is 40.0 Å². The third-order valence-electron chi connectivity index (χ3n) is 3.28. The van der Waals surface area contributed by atoms with E-state index >= 15 is 0 Å². The maximum atomic E-state index is 9.60. The fraction of sp³-hybridized carbons (Fsp3) is 0.857. The van der Waals surface area contributed by atoms with Crippen molar-refractivity contribution in [3.63, 3.8) is 0 Å². The van der Waals surface area contributed by atoms with Crippen LogP contribution in [0.15, 0.2) is 0 Å². The molecule has 0 aromatic heterocycles. The lowest BCUT2D eigenvalue weighted by Gasteiger charge is -2.49. The molecule has 100 valence electrons. The number of hydrogen-bond acceptors (Lipinski definition) is 3. The van der Waals surface area contributed by atoms with Gasteiger partial charge in [-0.15, -0.1) is 0 Å². The third-order valence-corrected chi connectivity index (χ3v) is 4.29. The summed E-state index contributed by atoms with van der Waals surface area (Å²) in [6.45, 7) is 12.5. The zero-order valence-electron chi connectivity index (χ0n) is 12.4. The van der Waals surface area contributed by atoms with E-state index in [0.29, 0.717) is 6.42 Å². The lowest BCUT2D eigenvalue weighted by atomic mass is 9.60. The van der Waals surface area contributed by atoms with Crippen molar-refractivity contribution < 1.29 is 4.43 Å². The standard InChI is InChI=1S/C14H24N2OSi/c1-12(2)7-13(3,10-15)9-14(8-12,11-16)17-18(4,5)6/h7-9H2,1-6H3/t13-,14+/m1/s1. The van der Waals surface area contributed by atoms with Crippen LogP contribution in [0.5, 0.6) is 0 Å². The van der Waals surface area contributed by atoms with Crippen LogP contribution in [0.2, 0.25) is 19.6 Å². The molecule has 0 amide bonds. The van der Waals surface area contributed by atoms with Gasteiger partial charge in [-0.05, 0) is 44.8 Å². The minimum atomic E-state index is -1.81. The Balaban J connectivity index is 3.14. The Bertz CT molecular complexity index is 409. The monoisotopic (exact) mass is 264 g/mol. The summed E-state index contributed by atoms with van der Waals surface area (Å²) in [5.74, 6) is 0. The van der Waals surface area contributed by atoms with Crippen molar-refractivity contribution in [2.45, 2.75) is 65.3 Å². The van der Waals surface area contributed by atoms with E-state index in [9.17, 15) is 10.5 Å². The second-order valence-electron chi connectivity index (χ2n) is 7.69. The first-order valence-corrected chi connectivity index (χ1v) is 9.89. The van der Waals surface area contributed by atoms with Crippen LogP contribution in [0, 0.1) is 33.5 Å². The first-order valence-electron chi connectivity index (χ1n) is 6.48. The fourth-order valence-electron chi connectivity index (χ4n) is 3.49. The van der Waals surface area contributed by atoms with E-state index in [1.54, 1.807) is 0 Å². The molecule has 2 atom stereocenters. The van der Waals surface area contributed by atoms with Crippen LogP contribution in [0.3, 0.4) is 0 Å². The molecule has 3 nitrogen and oxygen atoms in total. The fourth-order valence-corrected chi connectivity index (χ4v) is 4.85. The van der Waals surface area contributed by atoms with Crippen LogP contribution >= 0.6 is 0 Å². The quantitative estimate of drug-likeness (QED) is 0.712. The maximum absolute atomic E-state index is 9.60. The summed E-state index contributed by atoms with van der Waals surface area (Å²) in [6.07, 6.45) is 2.08. The predicted molar refractivity (Wildman–Crippen MR) is 74.1 cm³/mol. The maximum Gasteiger partial charge on any atom is 0.185 e. The lowest BCUT2D eigenvalue weighted by molar-refractivity contribution is -0.0228. The van der Waals surface area contributed by atoms with E-state index in [-0.39, 0.29) is 5.41 Å². The summed E-state index contributed by atoms with van der Waals surface area (Å²) in [5.41, 5.74) is -1.27. The first-order chi connectivity index (χ1) is 7.95. The van der Waals surface area contributed by atoms with Crippen molar-refractivity contribution in [3.8, 4) is 12.1 Å². The van der Waals surface area contributed by atoms with Gasteiger partial charge in [0.2, 0.25) is 0 Å². The second-order valence-corrected chi connectivity index (χ2v) is 12.1. The minimum absolute atomic E-state index is 0.0297. The highest BCUT2D eigenvalue weighted by atomic mass is 28.4. The highest BCUT2D eigenvalue weighted by Crippen LogP contribution is 2.51. The molecule has 1 aliphatic rings. The summed E-state index contributed by atoms with van der Waals surface area (Å²) >= 11 is 0. The van der Waals surface area contributed by atoms with Gasteiger partial charge in [-0.1, -0.05) is 13.8 Å².